The van der Waals surface area contributed by atoms with E-state index < -0.39 is 73.1 Å². The lowest BCUT2D eigenvalue weighted by molar-refractivity contribution is -0.461. The summed E-state index contributed by atoms with van der Waals surface area (Å²) >= 11 is 0. The highest BCUT2D eigenvalue weighted by Crippen LogP contribution is 2.64. The van der Waals surface area contributed by atoms with Crippen molar-refractivity contribution in [2.24, 2.45) is 0 Å². The van der Waals surface area contributed by atoms with Crippen LogP contribution in [0.3, 0.4) is 0 Å². The second kappa shape index (κ2) is 8.91. The number of rotatable bonds is 11. The van der Waals surface area contributed by atoms with Crippen molar-refractivity contribution in [3.05, 3.63) is 12.2 Å². The molecule has 0 aliphatic rings. The second-order valence-corrected chi connectivity index (χ2v) is 6.67. The van der Waals surface area contributed by atoms with Crippen LogP contribution in [0.1, 0.15) is 19.8 Å². The molecule has 0 aliphatic heterocycles. The third-order valence-corrected chi connectivity index (χ3v) is 4.00. The second-order valence-electron chi connectivity index (χ2n) is 6.67. The maximum atomic E-state index is 13.5. The number of carbonyl (C=O) groups is 1. The Labute approximate surface area is 177 Å². The van der Waals surface area contributed by atoms with Crippen LogP contribution >= 0.6 is 0 Å². The minimum absolute atomic E-state index is 0.387. The number of halogens is 17. The molecule has 0 aromatic rings. The van der Waals surface area contributed by atoms with Gasteiger partial charge in [-0.1, -0.05) is 6.58 Å². The fraction of sp³-hybridized carbons (Fsp3) is 0.800. The fourth-order valence-electron chi connectivity index (χ4n) is 1.94. The molecule has 0 unspecified atom stereocenters. The molecule has 0 bridgehead atoms. The molecule has 2 nitrogen and oxygen atoms in total. The Bertz CT molecular complexity index is 765. The number of ether oxygens (including phenoxy) is 1. The van der Waals surface area contributed by atoms with Crippen LogP contribution in [-0.4, -0.2) is 60.2 Å². The Hall–Kier alpha value is -1.98. The number of esters is 1. The van der Waals surface area contributed by atoms with E-state index in [0.717, 1.165) is 6.92 Å². The predicted molar refractivity (Wildman–Crippen MR) is 75.7 cm³/mol. The summed E-state index contributed by atoms with van der Waals surface area (Å²) in [7, 11) is 0. The number of carbonyl (C=O) groups excluding carboxylic acids is 1. The van der Waals surface area contributed by atoms with Crippen LogP contribution in [0.25, 0.3) is 0 Å². The Morgan fingerprint density at radius 3 is 1.26 bits per heavy atom. The van der Waals surface area contributed by atoms with Crippen molar-refractivity contribution in [1.82, 2.24) is 0 Å². The Kier molecular flexibility index (Phi) is 8.39. The molecule has 0 heterocycles. The molecule has 0 fully saturated rings. The van der Waals surface area contributed by atoms with Crippen molar-refractivity contribution < 1.29 is 84.2 Å². The molecule has 0 amide bonds. The quantitative estimate of drug-likeness (QED) is 0.122. The third kappa shape index (κ3) is 4.74. The van der Waals surface area contributed by atoms with Crippen LogP contribution in [0.15, 0.2) is 12.2 Å². The van der Waals surface area contributed by atoms with Gasteiger partial charge in [0.15, 0.2) is 0 Å². The molecule has 0 aliphatic carbocycles. The minimum Gasteiger partial charge on any atom is -0.462 e. The van der Waals surface area contributed by atoms with E-state index in [1.807, 2.05) is 0 Å². The lowest BCUT2D eigenvalue weighted by Gasteiger charge is -2.42. The van der Waals surface area contributed by atoms with Crippen molar-refractivity contribution >= 4 is 5.97 Å². The molecule has 0 aromatic heterocycles. The maximum Gasteiger partial charge on any atom is 0.460 e. The van der Waals surface area contributed by atoms with Gasteiger partial charge in [-0.3, -0.25) is 0 Å². The molecule has 0 aromatic carbocycles. The molecule has 0 N–H and O–H groups in total. The van der Waals surface area contributed by atoms with Crippen LogP contribution in [0, 0.1) is 0 Å². The summed E-state index contributed by atoms with van der Waals surface area (Å²) in [5, 5.41) is 0. The molecular weight excluding hydrogens is 535 g/mol. The Morgan fingerprint density at radius 2 is 0.941 bits per heavy atom. The first kappa shape index (κ1) is 32.0. The molecule has 0 spiro atoms. The van der Waals surface area contributed by atoms with E-state index in [1.54, 1.807) is 0 Å². The molecule has 0 saturated carbocycles. The zero-order valence-corrected chi connectivity index (χ0v) is 16.1. The van der Waals surface area contributed by atoms with Gasteiger partial charge in [0.25, 0.3) is 0 Å². The number of hydrogen-bond acceptors (Lipinski definition) is 2. The van der Waals surface area contributed by atoms with Gasteiger partial charge in [0.1, 0.15) is 0 Å². The van der Waals surface area contributed by atoms with Gasteiger partial charge >= 0.3 is 53.6 Å². The topological polar surface area (TPSA) is 26.3 Å². The molecular formula is C15H11F17O2. The van der Waals surface area contributed by atoms with Crippen LogP contribution < -0.4 is 0 Å². The van der Waals surface area contributed by atoms with E-state index in [9.17, 15) is 79.4 Å². The van der Waals surface area contributed by atoms with E-state index in [0.29, 0.717) is 0 Å². The van der Waals surface area contributed by atoms with Crippen LogP contribution in [0.4, 0.5) is 74.6 Å². The van der Waals surface area contributed by atoms with E-state index in [1.165, 1.54) is 0 Å². The highest BCUT2D eigenvalue weighted by Gasteiger charge is 2.95. The number of alkyl halides is 17. The average molecular weight is 546 g/mol. The summed E-state index contributed by atoms with van der Waals surface area (Å²) in [6, 6.07) is 0. The van der Waals surface area contributed by atoms with Crippen molar-refractivity contribution in [1.29, 1.82) is 0 Å². The minimum atomic E-state index is -8.65. The maximum absolute atomic E-state index is 13.5. The summed E-state index contributed by atoms with van der Waals surface area (Å²) in [5.41, 5.74) is -0.387. The summed E-state index contributed by atoms with van der Waals surface area (Å²) in [5.74, 6) is -57.9. The lowest BCUT2D eigenvalue weighted by atomic mass is 9.88. The number of hydrogen-bond donors (Lipinski definition) is 0. The van der Waals surface area contributed by atoms with Crippen molar-refractivity contribution in [3.8, 4) is 0 Å². The van der Waals surface area contributed by atoms with E-state index >= 15 is 0 Å². The van der Waals surface area contributed by atoms with Gasteiger partial charge in [-0.25, -0.2) is 4.79 Å². The average Bonchev–Trinajstić information content (AvgIpc) is 2.62. The molecule has 0 atom stereocenters. The zero-order valence-electron chi connectivity index (χ0n) is 16.1. The van der Waals surface area contributed by atoms with E-state index in [-0.39, 0.29) is 5.57 Å². The van der Waals surface area contributed by atoms with Gasteiger partial charge in [0.05, 0.1) is 6.61 Å². The van der Waals surface area contributed by atoms with Crippen LogP contribution in [0.5, 0.6) is 0 Å². The molecule has 19 heteroatoms. The Balaban J connectivity index is 6.20. The van der Waals surface area contributed by atoms with Gasteiger partial charge in [0, 0.05) is 12.0 Å². The van der Waals surface area contributed by atoms with Gasteiger partial charge in [-0.15, -0.1) is 0 Å². The molecule has 0 radical (unpaired) electrons. The monoisotopic (exact) mass is 546 g/mol. The highest BCUT2D eigenvalue weighted by atomic mass is 19.4. The van der Waals surface area contributed by atoms with Crippen LogP contribution in [-0.2, 0) is 9.53 Å². The first-order chi connectivity index (χ1) is 14.6. The summed E-state index contributed by atoms with van der Waals surface area (Å²) in [6.45, 7) is 2.68. The van der Waals surface area contributed by atoms with E-state index in [2.05, 4.69) is 11.3 Å². The van der Waals surface area contributed by atoms with Gasteiger partial charge in [-0.05, 0) is 13.3 Å². The van der Waals surface area contributed by atoms with Gasteiger partial charge in [0.2, 0.25) is 0 Å². The molecule has 202 valence electrons. The zero-order chi connectivity index (χ0) is 28.0. The normalized spacial score (nSPS) is 15.4. The summed E-state index contributed by atoms with van der Waals surface area (Å²) in [4.78, 5) is 10.9. The lowest BCUT2D eigenvalue weighted by Crippen LogP contribution is -2.74. The third-order valence-electron chi connectivity index (χ3n) is 4.00. The Morgan fingerprint density at radius 1 is 0.618 bits per heavy atom. The van der Waals surface area contributed by atoms with Crippen molar-refractivity contribution in [3.63, 3.8) is 0 Å². The molecule has 34 heavy (non-hydrogen) atoms. The molecule has 0 rings (SSSR count). The highest BCUT2D eigenvalue weighted by molar-refractivity contribution is 5.86. The summed E-state index contributed by atoms with van der Waals surface area (Å²) < 4.78 is 226. The van der Waals surface area contributed by atoms with Crippen molar-refractivity contribution in [2.45, 2.75) is 67.4 Å². The van der Waals surface area contributed by atoms with Gasteiger partial charge in [-0.2, -0.15) is 74.6 Å². The SMILES string of the molecule is C=C(C)C(=O)OCCCC(F)(F)C(F)(F)C(F)(F)C(F)(F)C(F)(F)C(F)(F)C(F)(F)C(F)(F)F. The predicted octanol–water partition coefficient (Wildman–Crippen LogP) is 6.90. The standard InChI is InChI=1S/C15H11F17O2/c1-6(2)7(33)34-5-3-4-8(16,17)9(18,19)10(20,21)11(22,23)12(24,25)13(26,27)14(28,29)15(30,31)32/h1,3-5H2,2H3. The summed E-state index contributed by atoms with van der Waals surface area (Å²) in [6.07, 6.45) is -12.0. The smallest absolute Gasteiger partial charge is 0.460 e. The largest absolute Gasteiger partial charge is 0.462 e. The van der Waals surface area contributed by atoms with Crippen molar-refractivity contribution in [2.75, 3.05) is 6.61 Å². The van der Waals surface area contributed by atoms with E-state index in [4.69, 9.17) is 0 Å². The van der Waals surface area contributed by atoms with Crippen LogP contribution in [0.2, 0.25) is 0 Å². The van der Waals surface area contributed by atoms with Gasteiger partial charge < -0.3 is 4.74 Å². The first-order valence-corrected chi connectivity index (χ1v) is 8.12. The fourth-order valence-corrected chi connectivity index (χ4v) is 1.94. The first-order valence-electron chi connectivity index (χ1n) is 8.12. The molecule has 0 saturated heterocycles.